The molecule has 0 saturated carbocycles. The first-order valence-corrected chi connectivity index (χ1v) is 8.53. The summed E-state index contributed by atoms with van der Waals surface area (Å²) in [5.41, 5.74) is -0.586. The standard InChI is InChI=1S/C19H27NO4/c1-4-19(5-2,15-9-7-6-8-10-15)16(21)20-12-11-18(13-20,14-24-3)17(22)23/h6-10H,4-5,11-14H2,1-3H3,(H,22,23). The average Bonchev–Trinajstić information content (AvgIpc) is 3.03. The highest BCUT2D eigenvalue weighted by Gasteiger charge is 2.50. The molecule has 0 spiro atoms. The van der Waals surface area contributed by atoms with Gasteiger partial charge in [-0.15, -0.1) is 0 Å². The fraction of sp³-hybridized carbons (Fsp3) is 0.579. The normalized spacial score (nSPS) is 21.0. The first-order valence-electron chi connectivity index (χ1n) is 8.53. The lowest BCUT2D eigenvalue weighted by Gasteiger charge is -2.35. The predicted octanol–water partition coefficient (Wildman–Crippen LogP) is 2.69. The van der Waals surface area contributed by atoms with Crippen molar-refractivity contribution in [2.24, 2.45) is 5.41 Å². The van der Waals surface area contributed by atoms with E-state index in [1.807, 2.05) is 44.2 Å². The number of nitrogens with zero attached hydrogens (tertiary/aromatic N) is 1. The smallest absolute Gasteiger partial charge is 0.313 e. The minimum Gasteiger partial charge on any atom is -0.481 e. The molecular formula is C19H27NO4. The van der Waals surface area contributed by atoms with Gasteiger partial charge in [0.1, 0.15) is 5.41 Å². The van der Waals surface area contributed by atoms with Crippen LogP contribution in [0.4, 0.5) is 0 Å². The Morgan fingerprint density at radius 3 is 2.38 bits per heavy atom. The number of ether oxygens (including phenoxy) is 1. The zero-order valence-corrected chi connectivity index (χ0v) is 14.7. The molecule has 1 heterocycles. The number of carboxylic acids is 1. The van der Waals surface area contributed by atoms with Gasteiger partial charge in [0, 0.05) is 20.2 Å². The van der Waals surface area contributed by atoms with Gasteiger partial charge in [-0.2, -0.15) is 0 Å². The molecule has 1 unspecified atom stereocenters. The molecule has 1 saturated heterocycles. The highest BCUT2D eigenvalue weighted by atomic mass is 16.5. The van der Waals surface area contributed by atoms with E-state index in [9.17, 15) is 14.7 Å². The molecular weight excluding hydrogens is 306 g/mol. The Morgan fingerprint density at radius 1 is 1.25 bits per heavy atom. The summed E-state index contributed by atoms with van der Waals surface area (Å²) in [5, 5.41) is 9.61. The van der Waals surface area contributed by atoms with Crippen molar-refractivity contribution in [1.82, 2.24) is 4.90 Å². The third kappa shape index (κ3) is 3.05. The van der Waals surface area contributed by atoms with Gasteiger partial charge in [-0.3, -0.25) is 9.59 Å². The molecule has 132 valence electrons. The third-order valence-electron chi connectivity index (χ3n) is 5.46. The van der Waals surface area contributed by atoms with Crippen LogP contribution in [0, 0.1) is 5.41 Å². The molecule has 1 aromatic carbocycles. The summed E-state index contributed by atoms with van der Waals surface area (Å²) in [6, 6.07) is 9.80. The maximum absolute atomic E-state index is 13.3. The molecule has 1 aromatic rings. The number of rotatable bonds is 7. The second-order valence-corrected chi connectivity index (χ2v) is 6.65. The highest BCUT2D eigenvalue weighted by Crippen LogP contribution is 2.38. The van der Waals surface area contributed by atoms with Gasteiger partial charge in [0.25, 0.3) is 0 Å². The summed E-state index contributed by atoms with van der Waals surface area (Å²) >= 11 is 0. The van der Waals surface area contributed by atoms with Crippen LogP contribution >= 0.6 is 0 Å². The lowest BCUT2D eigenvalue weighted by molar-refractivity contribution is -0.152. The quantitative estimate of drug-likeness (QED) is 0.833. The molecule has 24 heavy (non-hydrogen) atoms. The summed E-state index contributed by atoms with van der Waals surface area (Å²) < 4.78 is 5.12. The van der Waals surface area contributed by atoms with E-state index in [1.165, 1.54) is 7.11 Å². The minimum absolute atomic E-state index is 0.0259. The number of likely N-dealkylation sites (tertiary alicyclic amines) is 1. The average molecular weight is 333 g/mol. The van der Waals surface area contributed by atoms with E-state index in [4.69, 9.17) is 4.74 Å². The molecule has 0 aromatic heterocycles. The SMILES string of the molecule is CCC(CC)(C(=O)N1CCC(COC)(C(=O)O)C1)c1ccccc1. The number of amides is 1. The minimum atomic E-state index is -0.992. The molecule has 0 bridgehead atoms. The topological polar surface area (TPSA) is 66.8 Å². The van der Waals surface area contributed by atoms with Crippen LogP contribution in [-0.2, 0) is 19.7 Å². The Balaban J connectivity index is 2.31. The number of hydrogen-bond acceptors (Lipinski definition) is 3. The van der Waals surface area contributed by atoms with Crippen LogP contribution in [0.5, 0.6) is 0 Å². The number of methoxy groups -OCH3 is 1. The fourth-order valence-electron chi connectivity index (χ4n) is 3.82. The summed E-state index contributed by atoms with van der Waals surface area (Å²) in [6.45, 7) is 4.84. The number of carboxylic acid groups (broad SMARTS) is 1. The van der Waals surface area contributed by atoms with E-state index in [2.05, 4.69) is 0 Å². The predicted molar refractivity (Wildman–Crippen MR) is 91.8 cm³/mol. The van der Waals surface area contributed by atoms with E-state index in [1.54, 1.807) is 4.90 Å². The molecule has 1 fully saturated rings. The van der Waals surface area contributed by atoms with Gasteiger partial charge in [0.2, 0.25) is 5.91 Å². The van der Waals surface area contributed by atoms with Gasteiger partial charge in [-0.25, -0.2) is 0 Å². The van der Waals surface area contributed by atoms with Crippen LogP contribution in [0.25, 0.3) is 0 Å². The summed E-state index contributed by atoms with van der Waals surface area (Å²) in [5.74, 6) is -0.865. The molecule has 1 atom stereocenters. The summed E-state index contributed by atoms with van der Waals surface area (Å²) in [4.78, 5) is 26.8. The molecule has 5 heteroatoms. The first kappa shape index (κ1) is 18.5. The monoisotopic (exact) mass is 333 g/mol. The fourth-order valence-corrected chi connectivity index (χ4v) is 3.82. The van der Waals surface area contributed by atoms with E-state index >= 15 is 0 Å². The molecule has 2 rings (SSSR count). The summed E-state index contributed by atoms with van der Waals surface area (Å²) in [7, 11) is 1.50. The van der Waals surface area contributed by atoms with Crippen molar-refractivity contribution in [2.75, 3.05) is 26.8 Å². The Morgan fingerprint density at radius 2 is 1.88 bits per heavy atom. The van der Waals surface area contributed by atoms with Gasteiger partial charge >= 0.3 is 5.97 Å². The Labute approximate surface area is 143 Å². The van der Waals surface area contributed by atoms with Crippen LogP contribution < -0.4 is 0 Å². The molecule has 1 aliphatic rings. The van der Waals surface area contributed by atoms with Gasteiger partial charge < -0.3 is 14.7 Å². The van der Waals surface area contributed by atoms with Crippen molar-refractivity contribution in [3.8, 4) is 0 Å². The van der Waals surface area contributed by atoms with Crippen LogP contribution in [-0.4, -0.2) is 48.7 Å². The number of carbonyl (C=O) groups excluding carboxylic acids is 1. The van der Waals surface area contributed by atoms with Crippen LogP contribution in [0.1, 0.15) is 38.7 Å². The molecule has 0 aliphatic carbocycles. The third-order valence-corrected chi connectivity index (χ3v) is 5.46. The number of benzene rings is 1. The maximum Gasteiger partial charge on any atom is 0.313 e. The molecule has 1 aliphatic heterocycles. The second kappa shape index (κ2) is 7.34. The van der Waals surface area contributed by atoms with E-state index in [0.717, 1.165) is 5.56 Å². The van der Waals surface area contributed by atoms with E-state index in [0.29, 0.717) is 25.8 Å². The van der Waals surface area contributed by atoms with Gasteiger partial charge in [0.15, 0.2) is 0 Å². The van der Waals surface area contributed by atoms with Crippen molar-refractivity contribution in [3.05, 3.63) is 35.9 Å². The molecule has 5 nitrogen and oxygen atoms in total. The number of hydrogen-bond donors (Lipinski definition) is 1. The van der Waals surface area contributed by atoms with Gasteiger partial charge in [0.05, 0.1) is 12.0 Å². The molecule has 0 radical (unpaired) electrons. The molecule has 1 amide bonds. The lowest BCUT2D eigenvalue weighted by Crippen LogP contribution is -2.47. The Bertz CT molecular complexity index is 582. The zero-order chi connectivity index (χ0) is 17.8. The van der Waals surface area contributed by atoms with Crippen molar-refractivity contribution in [2.45, 2.75) is 38.5 Å². The largest absolute Gasteiger partial charge is 0.481 e. The van der Waals surface area contributed by atoms with Crippen LogP contribution in [0.2, 0.25) is 0 Å². The maximum atomic E-state index is 13.3. The van der Waals surface area contributed by atoms with Crippen molar-refractivity contribution in [1.29, 1.82) is 0 Å². The van der Waals surface area contributed by atoms with Gasteiger partial charge in [-0.05, 0) is 24.8 Å². The Hall–Kier alpha value is -1.88. The molecule has 1 N–H and O–H groups in total. The van der Waals surface area contributed by atoms with E-state index in [-0.39, 0.29) is 19.1 Å². The van der Waals surface area contributed by atoms with Crippen molar-refractivity contribution < 1.29 is 19.4 Å². The van der Waals surface area contributed by atoms with E-state index < -0.39 is 16.8 Å². The zero-order valence-electron chi connectivity index (χ0n) is 14.7. The number of aliphatic carboxylic acids is 1. The Kier molecular flexibility index (Phi) is 5.65. The number of carbonyl (C=O) groups is 2. The summed E-state index contributed by atoms with van der Waals surface area (Å²) in [6.07, 6.45) is 1.81. The van der Waals surface area contributed by atoms with Crippen molar-refractivity contribution in [3.63, 3.8) is 0 Å². The van der Waals surface area contributed by atoms with Crippen LogP contribution in [0.15, 0.2) is 30.3 Å². The van der Waals surface area contributed by atoms with Crippen LogP contribution in [0.3, 0.4) is 0 Å². The highest BCUT2D eigenvalue weighted by molar-refractivity contribution is 5.89. The van der Waals surface area contributed by atoms with Crippen molar-refractivity contribution >= 4 is 11.9 Å². The second-order valence-electron chi connectivity index (χ2n) is 6.65. The van der Waals surface area contributed by atoms with Gasteiger partial charge in [-0.1, -0.05) is 44.2 Å². The lowest BCUT2D eigenvalue weighted by atomic mass is 9.74. The first-order chi connectivity index (χ1) is 11.5.